The first-order valence-electron chi connectivity index (χ1n) is 4.90. The van der Waals surface area contributed by atoms with E-state index in [2.05, 4.69) is 5.32 Å². The van der Waals surface area contributed by atoms with Crippen LogP contribution >= 0.6 is 0 Å². The molecule has 0 aromatic rings. The van der Waals surface area contributed by atoms with Gasteiger partial charge in [-0.25, -0.2) is 0 Å². The van der Waals surface area contributed by atoms with Crippen molar-refractivity contribution >= 4 is 10.2 Å². The maximum absolute atomic E-state index is 11.8. The molecule has 2 saturated heterocycles. The van der Waals surface area contributed by atoms with Crippen LogP contribution in [0.3, 0.4) is 0 Å². The third kappa shape index (κ3) is 1.29. The van der Waals surface area contributed by atoms with Crippen LogP contribution in [-0.4, -0.2) is 56.3 Å². The molecule has 1 spiro atoms. The van der Waals surface area contributed by atoms with Crippen LogP contribution in [0.15, 0.2) is 0 Å². The van der Waals surface area contributed by atoms with Crippen LogP contribution in [0.2, 0.25) is 0 Å². The van der Waals surface area contributed by atoms with Crippen LogP contribution in [0.5, 0.6) is 0 Å². The van der Waals surface area contributed by atoms with Crippen LogP contribution in [0.4, 0.5) is 0 Å². The molecule has 14 heavy (non-hydrogen) atoms. The monoisotopic (exact) mass is 219 g/mol. The molecule has 2 rings (SSSR count). The lowest BCUT2D eigenvalue weighted by atomic mass is 9.90. The molecule has 2 fully saturated rings. The summed E-state index contributed by atoms with van der Waals surface area (Å²) in [6, 6.07) is 0. The summed E-state index contributed by atoms with van der Waals surface area (Å²) in [6.07, 6.45) is 2.01. The zero-order chi connectivity index (χ0) is 10.4. The van der Waals surface area contributed by atoms with Crippen molar-refractivity contribution in [1.82, 2.24) is 13.9 Å². The normalized spacial score (nSPS) is 39.3. The highest BCUT2D eigenvalue weighted by Gasteiger charge is 2.51. The van der Waals surface area contributed by atoms with Gasteiger partial charge in [-0.05, 0) is 19.4 Å². The Morgan fingerprint density at radius 1 is 1.36 bits per heavy atom. The van der Waals surface area contributed by atoms with Crippen molar-refractivity contribution in [1.29, 1.82) is 0 Å². The van der Waals surface area contributed by atoms with E-state index in [1.807, 2.05) is 0 Å². The Morgan fingerprint density at radius 2 is 2.07 bits per heavy atom. The number of piperidine rings is 1. The Bertz CT molecular complexity index is 321. The van der Waals surface area contributed by atoms with E-state index in [1.165, 1.54) is 8.61 Å². The zero-order valence-corrected chi connectivity index (χ0v) is 9.47. The van der Waals surface area contributed by atoms with Crippen LogP contribution in [0.25, 0.3) is 0 Å². The highest BCUT2D eigenvalue weighted by atomic mass is 32.2. The SMILES string of the molecule is CN1CC2(CCCNC2)N(C)S1(=O)=O. The summed E-state index contributed by atoms with van der Waals surface area (Å²) in [6.45, 7) is 2.38. The summed E-state index contributed by atoms with van der Waals surface area (Å²) >= 11 is 0. The third-order valence-electron chi connectivity index (χ3n) is 3.37. The molecule has 0 amide bonds. The molecule has 2 heterocycles. The molecule has 6 heteroatoms. The summed E-state index contributed by atoms with van der Waals surface area (Å²) in [4.78, 5) is 0. The summed E-state index contributed by atoms with van der Waals surface area (Å²) in [5, 5.41) is 3.27. The molecule has 1 atom stereocenters. The second kappa shape index (κ2) is 3.16. The molecule has 0 radical (unpaired) electrons. The fourth-order valence-electron chi connectivity index (χ4n) is 2.41. The first kappa shape index (κ1) is 10.4. The van der Waals surface area contributed by atoms with E-state index in [-0.39, 0.29) is 5.54 Å². The molecule has 1 unspecified atom stereocenters. The van der Waals surface area contributed by atoms with E-state index in [4.69, 9.17) is 0 Å². The van der Waals surface area contributed by atoms with Gasteiger partial charge in [0.1, 0.15) is 0 Å². The van der Waals surface area contributed by atoms with Crippen molar-refractivity contribution in [2.75, 3.05) is 33.7 Å². The quantitative estimate of drug-likeness (QED) is 0.582. The Kier molecular flexibility index (Phi) is 2.34. The van der Waals surface area contributed by atoms with Gasteiger partial charge in [0.15, 0.2) is 0 Å². The summed E-state index contributed by atoms with van der Waals surface area (Å²) in [7, 11) is 0.149. The van der Waals surface area contributed by atoms with Gasteiger partial charge in [0, 0.05) is 27.2 Å². The van der Waals surface area contributed by atoms with E-state index < -0.39 is 10.2 Å². The fourth-order valence-corrected chi connectivity index (χ4v) is 3.93. The zero-order valence-electron chi connectivity index (χ0n) is 8.65. The van der Waals surface area contributed by atoms with Gasteiger partial charge in [0.2, 0.25) is 0 Å². The van der Waals surface area contributed by atoms with Crippen LogP contribution in [0, 0.1) is 0 Å². The van der Waals surface area contributed by atoms with E-state index in [1.54, 1.807) is 14.1 Å². The van der Waals surface area contributed by atoms with Crippen LogP contribution < -0.4 is 5.32 Å². The van der Waals surface area contributed by atoms with E-state index >= 15 is 0 Å². The molecular formula is C8H17N3O2S. The van der Waals surface area contributed by atoms with Gasteiger partial charge in [0.05, 0.1) is 5.54 Å². The fraction of sp³-hybridized carbons (Fsp3) is 1.00. The predicted octanol–water partition coefficient (Wildman–Crippen LogP) is -0.769. The highest BCUT2D eigenvalue weighted by molar-refractivity contribution is 7.87. The molecule has 0 aliphatic carbocycles. The lowest BCUT2D eigenvalue weighted by Gasteiger charge is -2.37. The van der Waals surface area contributed by atoms with Crippen molar-refractivity contribution in [2.24, 2.45) is 0 Å². The summed E-state index contributed by atoms with van der Waals surface area (Å²) in [5.74, 6) is 0. The number of rotatable bonds is 0. The Balaban J connectivity index is 2.31. The minimum atomic E-state index is -3.19. The molecule has 5 nitrogen and oxygen atoms in total. The van der Waals surface area contributed by atoms with E-state index in [9.17, 15) is 8.42 Å². The van der Waals surface area contributed by atoms with Crippen LogP contribution in [0.1, 0.15) is 12.8 Å². The number of likely N-dealkylation sites (N-methyl/N-ethyl adjacent to an activating group) is 2. The minimum Gasteiger partial charge on any atom is -0.315 e. The molecule has 0 bridgehead atoms. The number of hydrogen-bond donors (Lipinski definition) is 1. The molecule has 1 N–H and O–H groups in total. The van der Waals surface area contributed by atoms with Crippen LogP contribution in [-0.2, 0) is 10.2 Å². The molecule has 0 aromatic heterocycles. The minimum absolute atomic E-state index is 0.203. The highest BCUT2D eigenvalue weighted by Crippen LogP contribution is 2.33. The van der Waals surface area contributed by atoms with Gasteiger partial charge in [0.25, 0.3) is 10.2 Å². The first-order chi connectivity index (χ1) is 6.49. The lowest BCUT2D eigenvalue weighted by molar-refractivity contribution is 0.183. The van der Waals surface area contributed by atoms with Crippen molar-refractivity contribution in [3.05, 3.63) is 0 Å². The Labute approximate surface area is 85.2 Å². The maximum Gasteiger partial charge on any atom is 0.282 e. The molecule has 0 saturated carbocycles. The number of hydrogen-bond acceptors (Lipinski definition) is 3. The van der Waals surface area contributed by atoms with Crippen molar-refractivity contribution in [3.63, 3.8) is 0 Å². The van der Waals surface area contributed by atoms with Gasteiger partial charge < -0.3 is 5.32 Å². The van der Waals surface area contributed by atoms with Gasteiger partial charge in [-0.3, -0.25) is 0 Å². The van der Waals surface area contributed by atoms with Crippen molar-refractivity contribution < 1.29 is 8.42 Å². The topological polar surface area (TPSA) is 52.6 Å². The first-order valence-corrected chi connectivity index (χ1v) is 6.30. The molecular weight excluding hydrogens is 202 g/mol. The van der Waals surface area contributed by atoms with Crippen molar-refractivity contribution in [2.45, 2.75) is 18.4 Å². The molecule has 0 aromatic carbocycles. The molecule has 82 valence electrons. The Hall–Kier alpha value is -0.170. The van der Waals surface area contributed by atoms with Gasteiger partial charge in [-0.2, -0.15) is 17.0 Å². The van der Waals surface area contributed by atoms with E-state index in [0.29, 0.717) is 6.54 Å². The number of nitrogens with one attached hydrogen (secondary N) is 1. The summed E-state index contributed by atoms with van der Waals surface area (Å²) < 4.78 is 26.6. The third-order valence-corrected chi connectivity index (χ3v) is 5.37. The summed E-state index contributed by atoms with van der Waals surface area (Å²) in [5.41, 5.74) is -0.203. The average molecular weight is 219 g/mol. The molecule has 2 aliphatic heterocycles. The largest absolute Gasteiger partial charge is 0.315 e. The standard InChI is InChI=1S/C8H17N3O2S/c1-10-7-8(4-3-5-9-6-8)11(2)14(10,12)13/h9H,3-7H2,1-2H3. The van der Waals surface area contributed by atoms with E-state index in [0.717, 1.165) is 25.9 Å². The Morgan fingerprint density at radius 3 is 2.50 bits per heavy atom. The lowest BCUT2D eigenvalue weighted by Crippen LogP contribution is -2.55. The predicted molar refractivity (Wildman–Crippen MR) is 54.1 cm³/mol. The maximum atomic E-state index is 11.8. The molecule has 2 aliphatic rings. The smallest absolute Gasteiger partial charge is 0.282 e. The second-order valence-electron chi connectivity index (χ2n) is 4.24. The van der Waals surface area contributed by atoms with Gasteiger partial charge >= 0.3 is 0 Å². The van der Waals surface area contributed by atoms with Gasteiger partial charge in [-0.1, -0.05) is 0 Å². The number of nitrogens with zero attached hydrogens (tertiary/aromatic N) is 2. The average Bonchev–Trinajstić information content (AvgIpc) is 2.31. The van der Waals surface area contributed by atoms with Gasteiger partial charge in [-0.15, -0.1) is 0 Å². The second-order valence-corrected chi connectivity index (χ2v) is 6.30. The van der Waals surface area contributed by atoms with Crippen molar-refractivity contribution in [3.8, 4) is 0 Å².